The minimum atomic E-state index is -4.80. The van der Waals surface area contributed by atoms with E-state index in [1.54, 1.807) is 11.9 Å². The summed E-state index contributed by atoms with van der Waals surface area (Å²) in [5.41, 5.74) is -2.49. The fourth-order valence-corrected chi connectivity index (χ4v) is 3.02. The highest BCUT2D eigenvalue weighted by Gasteiger charge is 2.36. The zero-order valence-electron chi connectivity index (χ0n) is 16.0. The molecule has 1 rings (SSSR count). The molecule has 1 aromatic rings. The Morgan fingerprint density at radius 1 is 0.704 bits per heavy atom. The van der Waals surface area contributed by atoms with Crippen LogP contribution in [0.2, 0.25) is 0 Å². The largest absolute Gasteiger partial charge is 0.416 e. The quantitative estimate of drug-likeness (QED) is 0.280. The Hall–Kier alpha value is -1.24. The summed E-state index contributed by atoms with van der Waals surface area (Å²) in [6, 6.07) is 1.78. The van der Waals surface area contributed by atoms with E-state index >= 15 is 0 Å². The van der Waals surface area contributed by atoms with Gasteiger partial charge in [0, 0.05) is 6.54 Å². The number of benzene rings is 1. The molecule has 27 heavy (non-hydrogen) atoms. The van der Waals surface area contributed by atoms with Crippen molar-refractivity contribution in [1.29, 1.82) is 0 Å². The summed E-state index contributed by atoms with van der Waals surface area (Å²) in [5, 5.41) is 0. The van der Waals surface area contributed by atoms with Crippen LogP contribution >= 0.6 is 0 Å². The fourth-order valence-electron chi connectivity index (χ4n) is 3.02. The second kappa shape index (κ2) is 10.9. The number of nitrogens with zero attached hydrogens (tertiary/aromatic N) is 1. The van der Waals surface area contributed by atoms with Crippen molar-refractivity contribution in [1.82, 2.24) is 4.90 Å². The van der Waals surface area contributed by atoms with E-state index in [9.17, 15) is 26.3 Å². The normalized spacial score (nSPS) is 12.8. The third-order valence-corrected chi connectivity index (χ3v) is 4.49. The Morgan fingerprint density at radius 2 is 1.15 bits per heavy atom. The van der Waals surface area contributed by atoms with E-state index in [4.69, 9.17) is 0 Å². The average molecular weight is 397 g/mol. The van der Waals surface area contributed by atoms with Crippen LogP contribution in [0, 0.1) is 0 Å². The number of unbranched alkanes of at least 4 members (excludes halogenated alkanes) is 7. The third kappa shape index (κ3) is 9.49. The van der Waals surface area contributed by atoms with Crippen LogP contribution < -0.4 is 0 Å². The lowest BCUT2D eigenvalue weighted by atomic mass is 10.0. The van der Waals surface area contributed by atoms with Gasteiger partial charge in [0.05, 0.1) is 11.1 Å². The average Bonchev–Trinajstić information content (AvgIpc) is 2.55. The van der Waals surface area contributed by atoms with Crippen LogP contribution in [-0.2, 0) is 18.9 Å². The highest BCUT2D eigenvalue weighted by Crippen LogP contribution is 2.36. The van der Waals surface area contributed by atoms with E-state index in [0.29, 0.717) is 6.54 Å². The molecule has 0 N–H and O–H groups in total. The second-order valence-corrected chi connectivity index (χ2v) is 7.13. The third-order valence-electron chi connectivity index (χ3n) is 4.49. The summed E-state index contributed by atoms with van der Waals surface area (Å²) >= 11 is 0. The molecule has 0 aliphatic carbocycles. The van der Waals surface area contributed by atoms with Gasteiger partial charge in [-0.05, 0) is 43.8 Å². The molecule has 0 atom stereocenters. The minimum absolute atomic E-state index is 0.0271. The molecule has 1 aromatic carbocycles. The summed E-state index contributed by atoms with van der Waals surface area (Å²) in [6.07, 6.45) is -0.496. The molecular formula is C20H29F6N. The molecule has 0 fully saturated rings. The second-order valence-electron chi connectivity index (χ2n) is 7.13. The molecule has 156 valence electrons. The summed E-state index contributed by atoms with van der Waals surface area (Å²) in [5.74, 6) is 0. The Kier molecular flexibility index (Phi) is 9.63. The van der Waals surface area contributed by atoms with E-state index in [2.05, 4.69) is 6.92 Å². The number of rotatable bonds is 11. The summed E-state index contributed by atoms with van der Waals surface area (Å²) in [6.45, 7) is 2.87. The first kappa shape index (κ1) is 23.8. The zero-order chi connectivity index (χ0) is 20.5. The van der Waals surface area contributed by atoms with Crippen molar-refractivity contribution < 1.29 is 26.3 Å². The first-order chi connectivity index (χ1) is 12.5. The van der Waals surface area contributed by atoms with Gasteiger partial charge < -0.3 is 4.90 Å². The van der Waals surface area contributed by atoms with E-state index in [1.165, 1.54) is 32.1 Å². The number of hydrogen-bond acceptors (Lipinski definition) is 1. The van der Waals surface area contributed by atoms with E-state index in [-0.39, 0.29) is 18.2 Å². The highest BCUT2D eigenvalue weighted by molar-refractivity contribution is 5.33. The number of halogens is 6. The predicted molar refractivity (Wildman–Crippen MR) is 95.4 cm³/mol. The molecule has 0 unspecified atom stereocenters. The summed E-state index contributed by atoms with van der Waals surface area (Å²) < 4.78 is 77.3. The van der Waals surface area contributed by atoms with Crippen molar-refractivity contribution in [2.24, 2.45) is 0 Å². The van der Waals surface area contributed by atoms with Crippen molar-refractivity contribution in [3.8, 4) is 0 Å². The first-order valence-electron chi connectivity index (χ1n) is 9.51. The Bertz CT molecular complexity index is 518. The van der Waals surface area contributed by atoms with Gasteiger partial charge in [0.2, 0.25) is 0 Å². The maximum atomic E-state index is 12.9. The molecule has 0 amide bonds. The molecule has 0 aromatic heterocycles. The maximum absolute atomic E-state index is 12.9. The van der Waals surface area contributed by atoms with E-state index in [1.807, 2.05) is 0 Å². The Labute approximate surface area is 157 Å². The molecule has 7 heteroatoms. The number of hydrogen-bond donors (Lipinski definition) is 0. The molecule has 1 nitrogen and oxygen atoms in total. The van der Waals surface area contributed by atoms with Crippen LogP contribution in [0.25, 0.3) is 0 Å². The SMILES string of the molecule is CCCCCCCCCCN(C)Cc1cc(C(F)(F)F)cc(C(F)(F)F)c1. The van der Waals surface area contributed by atoms with Gasteiger partial charge in [-0.1, -0.05) is 51.9 Å². The zero-order valence-corrected chi connectivity index (χ0v) is 16.0. The minimum Gasteiger partial charge on any atom is -0.302 e. The predicted octanol–water partition coefficient (Wildman–Crippen LogP) is 7.30. The van der Waals surface area contributed by atoms with Gasteiger partial charge in [0.1, 0.15) is 0 Å². The van der Waals surface area contributed by atoms with Crippen LogP contribution in [0.5, 0.6) is 0 Å². The van der Waals surface area contributed by atoms with Crippen LogP contribution in [0.4, 0.5) is 26.3 Å². The van der Waals surface area contributed by atoms with Gasteiger partial charge in [0.25, 0.3) is 0 Å². The molecule has 0 bridgehead atoms. The summed E-state index contributed by atoms with van der Waals surface area (Å²) in [7, 11) is 1.72. The van der Waals surface area contributed by atoms with Gasteiger partial charge in [-0.3, -0.25) is 0 Å². The Balaban J connectivity index is 2.54. The maximum Gasteiger partial charge on any atom is 0.416 e. The molecule has 0 heterocycles. The van der Waals surface area contributed by atoms with Gasteiger partial charge in [-0.2, -0.15) is 26.3 Å². The topological polar surface area (TPSA) is 3.24 Å². The fraction of sp³-hybridized carbons (Fsp3) is 0.700. The lowest BCUT2D eigenvalue weighted by Gasteiger charge is -2.19. The van der Waals surface area contributed by atoms with Crippen LogP contribution in [-0.4, -0.2) is 18.5 Å². The van der Waals surface area contributed by atoms with Crippen LogP contribution in [0.15, 0.2) is 18.2 Å². The van der Waals surface area contributed by atoms with Crippen molar-refractivity contribution >= 4 is 0 Å². The molecule has 0 spiro atoms. The standard InChI is InChI=1S/C20H29F6N/c1-3-4-5-6-7-8-9-10-11-27(2)15-16-12-17(19(21,22)23)14-18(13-16)20(24,25)26/h12-14H,3-11,15H2,1-2H3. The van der Waals surface area contributed by atoms with Crippen molar-refractivity contribution in [2.45, 2.75) is 77.2 Å². The molecule has 0 aliphatic heterocycles. The van der Waals surface area contributed by atoms with Gasteiger partial charge in [-0.25, -0.2) is 0 Å². The van der Waals surface area contributed by atoms with E-state index < -0.39 is 23.5 Å². The van der Waals surface area contributed by atoms with Crippen molar-refractivity contribution in [2.75, 3.05) is 13.6 Å². The molecular weight excluding hydrogens is 368 g/mol. The lowest BCUT2D eigenvalue weighted by Crippen LogP contribution is -2.20. The number of alkyl halides is 6. The van der Waals surface area contributed by atoms with Crippen molar-refractivity contribution in [3.63, 3.8) is 0 Å². The molecule has 0 saturated heterocycles. The van der Waals surface area contributed by atoms with Gasteiger partial charge in [0.15, 0.2) is 0 Å². The summed E-state index contributed by atoms with van der Waals surface area (Å²) in [4.78, 5) is 1.77. The Morgan fingerprint density at radius 3 is 1.59 bits per heavy atom. The lowest BCUT2D eigenvalue weighted by molar-refractivity contribution is -0.143. The smallest absolute Gasteiger partial charge is 0.302 e. The first-order valence-corrected chi connectivity index (χ1v) is 9.51. The monoisotopic (exact) mass is 397 g/mol. The molecule has 0 radical (unpaired) electrons. The van der Waals surface area contributed by atoms with E-state index in [0.717, 1.165) is 31.4 Å². The van der Waals surface area contributed by atoms with Gasteiger partial charge in [-0.15, -0.1) is 0 Å². The highest BCUT2D eigenvalue weighted by atomic mass is 19.4. The molecule has 0 aliphatic rings. The van der Waals surface area contributed by atoms with Crippen molar-refractivity contribution in [3.05, 3.63) is 34.9 Å². The molecule has 0 saturated carbocycles. The van der Waals surface area contributed by atoms with Crippen LogP contribution in [0.3, 0.4) is 0 Å². The van der Waals surface area contributed by atoms with Gasteiger partial charge >= 0.3 is 12.4 Å². The van der Waals surface area contributed by atoms with Crippen LogP contribution in [0.1, 0.15) is 75.0 Å².